The molecule has 1 aromatic carbocycles. The molecule has 1 atom stereocenters. The molecular weight excluding hydrogens is 356 g/mol. The number of nitrogens with zero attached hydrogens (tertiary/aromatic N) is 1. The Morgan fingerprint density at radius 3 is 2.46 bits per heavy atom. The molecule has 0 aromatic heterocycles. The maximum Gasteiger partial charge on any atom is 0.308 e. The Kier molecular flexibility index (Phi) is 6.64. The zero-order valence-electron chi connectivity index (χ0n) is 15.3. The lowest BCUT2D eigenvalue weighted by Crippen LogP contribution is -2.38. The number of halogens is 1. The summed E-state index contributed by atoms with van der Waals surface area (Å²) in [6.07, 6.45) is 2.11. The number of benzene rings is 1. The topological polar surface area (TPSA) is 86.7 Å². The zero-order valence-corrected chi connectivity index (χ0v) is 16.0. The van der Waals surface area contributed by atoms with Gasteiger partial charge in [-0.3, -0.25) is 14.4 Å². The molecule has 7 heteroatoms. The van der Waals surface area contributed by atoms with Gasteiger partial charge in [0.15, 0.2) is 0 Å². The largest absolute Gasteiger partial charge is 0.481 e. The van der Waals surface area contributed by atoms with Crippen LogP contribution >= 0.6 is 11.6 Å². The number of aliphatic carboxylic acids is 1. The average Bonchev–Trinajstić information content (AvgIpc) is 3.37. The summed E-state index contributed by atoms with van der Waals surface area (Å²) in [7, 11) is 0. The summed E-state index contributed by atoms with van der Waals surface area (Å²) in [6, 6.07) is 4.84. The first-order chi connectivity index (χ1) is 12.2. The van der Waals surface area contributed by atoms with Gasteiger partial charge < -0.3 is 15.3 Å². The van der Waals surface area contributed by atoms with Gasteiger partial charge in [-0.05, 0) is 37.0 Å². The number of nitrogens with one attached hydrogen (secondary N) is 1. The highest BCUT2D eigenvalue weighted by Gasteiger charge is 2.35. The Morgan fingerprint density at radius 1 is 1.27 bits per heavy atom. The highest BCUT2D eigenvalue weighted by atomic mass is 35.5. The van der Waals surface area contributed by atoms with Gasteiger partial charge in [0.25, 0.3) is 5.91 Å². The Morgan fingerprint density at radius 2 is 1.92 bits per heavy atom. The van der Waals surface area contributed by atoms with Gasteiger partial charge in [0.05, 0.1) is 16.5 Å². The number of hydrogen-bond acceptors (Lipinski definition) is 3. The smallest absolute Gasteiger partial charge is 0.308 e. The minimum atomic E-state index is -0.941. The molecule has 2 rings (SSSR count). The van der Waals surface area contributed by atoms with E-state index in [0.717, 1.165) is 12.8 Å². The van der Waals surface area contributed by atoms with Gasteiger partial charge in [-0.15, -0.1) is 0 Å². The molecule has 6 nitrogen and oxygen atoms in total. The van der Waals surface area contributed by atoms with E-state index < -0.39 is 11.9 Å². The van der Waals surface area contributed by atoms with E-state index in [-0.39, 0.29) is 40.9 Å². The van der Waals surface area contributed by atoms with Crippen LogP contribution in [0.5, 0.6) is 0 Å². The van der Waals surface area contributed by atoms with Gasteiger partial charge in [-0.1, -0.05) is 32.4 Å². The van der Waals surface area contributed by atoms with E-state index in [4.69, 9.17) is 16.7 Å². The molecule has 1 fully saturated rings. The molecule has 1 aromatic rings. The Labute approximate surface area is 158 Å². The molecule has 1 aliphatic carbocycles. The van der Waals surface area contributed by atoms with Crippen LogP contribution in [0.4, 0.5) is 5.69 Å². The molecule has 0 heterocycles. The van der Waals surface area contributed by atoms with Gasteiger partial charge in [-0.2, -0.15) is 0 Å². The van der Waals surface area contributed by atoms with Gasteiger partial charge >= 0.3 is 5.97 Å². The second kappa shape index (κ2) is 8.54. The molecule has 1 aliphatic rings. The Balaban J connectivity index is 2.19. The lowest BCUT2D eigenvalue weighted by atomic mass is 10.1. The second-order valence-corrected chi connectivity index (χ2v) is 7.68. The van der Waals surface area contributed by atoms with E-state index >= 15 is 0 Å². The van der Waals surface area contributed by atoms with Crippen LogP contribution in [0.3, 0.4) is 0 Å². The predicted octanol–water partition coefficient (Wildman–Crippen LogP) is 3.65. The number of carboxylic acid groups (broad SMARTS) is 1. The predicted molar refractivity (Wildman–Crippen MR) is 100 cm³/mol. The highest BCUT2D eigenvalue weighted by Crippen LogP contribution is 2.31. The maximum atomic E-state index is 13.0. The van der Waals surface area contributed by atoms with Crippen LogP contribution in [0, 0.1) is 11.8 Å². The minimum Gasteiger partial charge on any atom is -0.481 e. The van der Waals surface area contributed by atoms with Crippen LogP contribution in [0.25, 0.3) is 0 Å². The van der Waals surface area contributed by atoms with E-state index in [0.29, 0.717) is 12.1 Å². The number of carbonyl (C=O) groups excluding carboxylic acids is 2. The van der Waals surface area contributed by atoms with Gasteiger partial charge in [0, 0.05) is 24.7 Å². The van der Waals surface area contributed by atoms with Crippen LogP contribution in [0.15, 0.2) is 18.2 Å². The lowest BCUT2D eigenvalue weighted by Gasteiger charge is -2.25. The third-order valence-corrected chi connectivity index (χ3v) is 4.54. The third-order valence-electron chi connectivity index (χ3n) is 4.21. The maximum absolute atomic E-state index is 13.0. The van der Waals surface area contributed by atoms with Crippen LogP contribution in [0.2, 0.25) is 5.02 Å². The molecule has 2 N–H and O–H groups in total. The molecule has 0 spiro atoms. The standard InChI is InChI=1S/C19H25ClN2O4/c1-11(2)8-17(23)21-13-4-7-16(20)15(9-13)18(24)22(14-5-6-14)10-12(3)19(25)26/h4,7,9,11-12,14H,5-6,8,10H2,1-3H3,(H,21,23)(H,25,26). The normalized spacial score (nSPS) is 14.8. The summed E-state index contributed by atoms with van der Waals surface area (Å²) in [4.78, 5) is 37.7. The quantitative estimate of drug-likeness (QED) is 0.720. The fraction of sp³-hybridized carbons (Fsp3) is 0.526. The van der Waals surface area contributed by atoms with Crippen molar-refractivity contribution < 1.29 is 19.5 Å². The van der Waals surface area contributed by atoms with Crippen molar-refractivity contribution in [2.45, 2.75) is 46.1 Å². The SMILES string of the molecule is CC(C)CC(=O)Nc1ccc(Cl)c(C(=O)N(CC(C)C(=O)O)C2CC2)c1. The van der Waals surface area contributed by atoms with Crippen LogP contribution in [-0.2, 0) is 9.59 Å². The summed E-state index contributed by atoms with van der Waals surface area (Å²) < 4.78 is 0. The fourth-order valence-corrected chi connectivity index (χ4v) is 2.86. The van der Waals surface area contributed by atoms with Crippen molar-refractivity contribution in [1.29, 1.82) is 0 Å². The molecule has 0 saturated heterocycles. The first-order valence-corrected chi connectivity index (χ1v) is 9.20. The van der Waals surface area contributed by atoms with Crippen molar-refractivity contribution in [1.82, 2.24) is 4.90 Å². The summed E-state index contributed by atoms with van der Waals surface area (Å²) in [5.74, 6) is -1.80. The van der Waals surface area contributed by atoms with Crippen molar-refractivity contribution in [3.63, 3.8) is 0 Å². The van der Waals surface area contributed by atoms with Crippen molar-refractivity contribution >= 4 is 35.1 Å². The van der Waals surface area contributed by atoms with Gasteiger partial charge in [-0.25, -0.2) is 0 Å². The second-order valence-electron chi connectivity index (χ2n) is 7.27. The van der Waals surface area contributed by atoms with Crippen LogP contribution < -0.4 is 5.32 Å². The number of carbonyl (C=O) groups is 3. The summed E-state index contributed by atoms with van der Waals surface area (Å²) >= 11 is 6.20. The molecule has 0 radical (unpaired) electrons. The fourth-order valence-electron chi connectivity index (χ4n) is 2.66. The van der Waals surface area contributed by atoms with E-state index in [1.165, 1.54) is 0 Å². The van der Waals surface area contributed by atoms with Crippen molar-refractivity contribution in [2.75, 3.05) is 11.9 Å². The number of carboxylic acids is 1. The summed E-state index contributed by atoms with van der Waals surface area (Å²) in [6.45, 7) is 5.62. The lowest BCUT2D eigenvalue weighted by molar-refractivity contribution is -0.141. The molecule has 26 heavy (non-hydrogen) atoms. The first-order valence-electron chi connectivity index (χ1n) is 8.82. The first kappa shape index (κ1) is 20.2. The molecule has 2 amide bonds. The summed E-state index contributed by atoms with van der Waals surface area (Å²) in [5.41, 5.74) is 0.781. The molecule has 1 unspecified atom stereocenters. The van der Waals surface area contributed by atoms with E-state index in [1.807, 2.05) is 13.8 Å². The van der Waals surface area contributed by atoms with Crippen LogP contribution in [0.1, 0.15) is 50.4 Å². The Hall–Kier alpha value is -2.08. The molecule has 1 saturated carbocycles. The van der Waals surface area contributed by atoms with Crippen LogP contribution in [-0.4, -0.2) is 40.4 Å². The molecule has 0 aliphatic heterocycles. The third kappa shape index (κ3) is 5.46. The number of anilines is 1. The minimum absolute atomic E-state index is 0.0551. The monoisotopic (exact) mass is 380 g/mol. The van der Waals surface area contributed by atoms with Gasteiger partial charge in [0.1, 0.15) is 0 Å². The van der Waals surface area contributed by atoms with E-state index in [1.54, 1.807) is 30.0 Å². The molecular formula is C19H25ClN2O4. The van der Waals surface area contributed by atoms with E-state index in [2.05, 4.69) is 5.32 Å². The summed E-state index contributed by atoms with van der Waals surface area (Å²) in [5, 5.41) is 12.2. The molecule has 0 bridgehead atoms. The van der Waals surface area contributed by atoms with Crippen molar-refractivity contribution in [2.24, 2.45) is 11.8 Å². The number of hydrogen-bond donors (Lipinski definition) is 2. The zero-order chi connectivity index (χ0) is 19.4. The number of rotatable bonds is 8. The van der Waals surface area contributed by atoms with Gasteiger partial charge in [0.2, 0.25) is 5.91 Å². The molecule has 142 valence electrons. The highest BCUT2D eigenvalue weighted by molar-refractivity contribution is 6.34. The van der Waals surface area contributed by atoms with E-state index in [9.17, 15) is 14.4 Å². The van der Waals surface area contributed by atoms with Crippen molar-refractivity contribution in [3.05, 3.63) is 28.8 Å². The Bertz CT molecular complexity index is 701. The van der Waals surface area contributed by atoms with Crippen molar-refractivity contribution in [3.8, 4) is 0 Å². The number of amides is 2. The average molecular weight is 381 g/mol.